The van der Waals surface area contributed by atoms with Gasteiger partial charge in [0.2, 0.25) is 0 Å². The number of fused-ring (bicyclic) bond motifs is 4. The summed E-state index contributed by atoms with van der Waals surface area (Å²) in [5, 5.41) is 0. The molecule has 5 rings (SSSR count). The topological polar surface area (TPSA) is 37.4 Å². The summed E-state index contributed by atoms with van der Waals surface area (Å²) in [6.45, 7) is 5.00. The molecule has 150 valence electrons. The molecule has 3 nitrogen and oxygen atoms in total. The number of para-hydroxylation sites is 1. The number of nitrogens with zero attached hydrogens (tertiary/aromatic N) is 1. The van der Waals surface area contributed by atoms with E-state index in [4.69, 9.17) is 0 Å². The predicted molar refractivity (Wildman–Crippen MR) is 115 cm³/mol. The molecule has 3 aliphatic rings. The van der Waals surface area contributed by atoms with E-state index in [1.165, 1.54) is 11.3 Å². The molecule has 0 radical (unpaired) electrons. The van der Waals surface area contributed by atoms with Gasteiger partial charge >= 0.3 is 0 Å². The van der Waals surface area contributed by atoms with Gasteiger partial charge < -0.3 is 4.90 Å². The summed E-state index contributed by atoms with van der Waals surface area (Å²) in [7, 11) is 0. The van der Waals surface area contributed by atoms with Gasteiger partial charge in [0, 0.05) is 31.1 Å². The lowest BCUT2D eigenvalue weighted by Crippen LogP contribution is -2.65. The van der Waals surface area contributed by atoms with E-state index in [0.29, 0.717) is 25.2 Å². The maximum absolute atomic E-state index is 13.7. The van der Waals surface area contributed by atoms with Crippen LogP contribution in [-0.4, -0.2) is 24.2 Å². The Kier molecular flexibility index (Phi) is 4.20. The van der Waals surface area contributed by atoms with Crippen molar-refractivity contribution in [3.8, 4) is 0 Å². The zero-order valence-electron chi connectivity index (χ0n) is 17.4. The Balaban J connectivity index is 1.61. The molecule has 0 unspecified atom stereocenters. The van der Waals surface area contributed by atoms with Gasteiger partial charge in [-0.1, -0.05) is 62.4 Å². The largest absolute Gasteiger partial charge is 0.367 e. The fourth-order valence-electron chi connectivity index (χ4n) is 6.08. The molecule has 2 aliphatic heterocycles. The van der Waals surface area contributed by atoms with E-state index in [0.717, 1.165) is 24.9 Å². The monoisotopic (exact) mass is 387 g/mol. The van der Waals surface area contributed by atoms with Crippen LogP contribution in [0.3, 0.4) is 0 Å². The molecule has 2 heterocycles. The Morgan fingerprint density at radius 2 is 1.52 bits per heavy atom. The second-order valence-electron chi connectivity index (χ2n) is 9.98. The smallest absolute Gasteiger partial charge is 0.149 e. The second-order valence-corrected chi connectivity index (χ2v) is 9.98. The van der Waals surface area contributed by atoms with Crippen molar-refractivity contribution in [3.05, 3.63) is 65.7 Å². The fraction of sp³-hybridized carbons (Fsp3) is 0.462. The highest BCUT2D eigenvalue weighted by molar-refractivity contribution is 6.11. The average Bonchev–Trinajstić information content (AvgIpc) is 2.71. The normalized spacial score (nSPS) is 27.4. The van der Waals surface area contributed by atoms with Gasteiger partial charge in [0.15, 0.2) is 0 Å². The molecule has 2 aromatic carbocycles. The zero-order chi connectivity index (χ0) is 20.2. The van der Waals surface area contributed by atoms with Crippen molar-refractivity contribution in [3.63, 3.8) is 0 Å². The Morgan fingerprint density at radius 3 is 2.24 bits per heavy atom. The summed E-state index contributed by atoms with van der Waals surface area (Å²) >= 11 is 0. The number of Topliss-reactive ketones (excluding diaryl/α,β-unsaturated/α-hetero) is 2. The Bertz CT molecular complexity index is 942. The van der Waals surface area contributed by atoms with Crippen LogP contribution in [0.1, 0.15) is 56.6 Å². The first-order valence-corrected chi connectivity index (χ1v) is 10.9. The molecule has 2 fully saturated rings. The van der Waals surface area contributed by atoms with E-state index in [1.807, 2.05) is 12.1 Å². The van der Waals surface area contributed by atoms with Gasteiger partial charge in [-0.3, -0.25) is 9.59 Å². The van der Waals surface area contributed by atoms with E-state index >= 15 is 0 Å². The fourth-order valence-corrected chi connectivity index (χ4v) is 6.08. The van der Waals surface area contributed by atoms with Gasteiger partial charge in [-0.15, -0.1) is 0 Å². The first-order valence-electron chi connectivity index (χ1n) is 10.9. The summed E-state index contributed by atoms with van der Waals surface area (Å²) in [6, 6.07) is 19.0. The van der Waals surface area contributed by atoms with Crippen LogP contribution in [0.25, 0.3) is 0 Å². The van der Waals surface area contributed by atoms with Crippen LogP contribution in [0, 0.1) is 10.8 Å². The molecule has 1 saturated heterocycles. The van der Waals surface area contributed by atoms with E-state index in [-0.39, 0.29) is 23.0 Å². The highest BCUT2D eigenvalue weighted by Crippen LogP contribution is 2.53. The maximum Gasteiger partial charge on any atom is 0.149 e. The number of rotatable bonds is 1. The summed E-state index contributed by atoms with van der Waals surface area (Å²) in [5.41, 5.74) is 2.60. The third kappa shape index (κ3) is 2.86. The van der Waals surface area contributed by atoms with Crippen LogP contribution in [0.15, 0.2) is 54.6 Å². The number of piperidine rings is 1. The van der Waals surface area contributed by atoms with Gasteiger partial charge in [0.1, 0.15) is 17.0 Å². The number of carbonyl (C=O) groups excluding carboxylic acids is 2. The molecule has 2 aromatic rings. The molecule has 1 aliphatic carbocycles. The first-order chi connectivity index (χ1) is 13.9. The van der Waals surface area contributed by atoms with Gasteiger partial charge in [-0.25, -0.2) is 0 Å². The van der Waals surface area contributed by atoms with Crippen molar-refractivity contribution >= 4 is 17.3 Å². The predicted octanol–water partition coefficient (Wildman–Crippen LogP) is 4.94. The molecule has 0 N–H and O–H groups in total. The lowest BCUT2D eigenvalue weighted by atomic mass is 9.55. The van der Waals surface area contributed by atoms with Crippen LogP contribution in [0.4, 0.5) is 5.69 Å². The SMILES string of the molecule is CC1(C)CC(=O)C2(Cc3ccccc3N3CC[C@@H](c4ccccc4)C[C@@H]32)C(=O)C1. The molecule has 29 heavy (non-hydrogen) atoms. The third-order valence-electron chi connectivity index (χ3n) is 7.49. The summed E-state index contributed by atoms with van der Waals surface area (Å²) < 4.78 is 0. The number of ketones is 2. The van der Waals surface area contributed by atoms with Crippen molar-refractivity contribution in [2.75, 3.05) is 11.4 Å². The minimum atomic E-state index is -0.878. The maximum atomic E-state index is 13.7. The minimum Gasteiger partial charge on any atom is -0.367 e. The van der Waals surface area contributed by atoms with Crippen LogP contribution >= 0.6 is 0 Å². The van der Waals surface area contributed by atoms with Crippen molar-refractivity contribution < 1.29 is 9.59 Å². The van der Waals surface area contributed by atoms with Crippen LogP contribution in [-0.2, 0) is 16.0 Å². The zero-order valence-corrected chi connectivity index (χ0v) is 17.4. The lowest BCUT2D eigenvalue weighted by Gasteiger charge is -2.56. The number of anilines is 1. The number of hydrogen-bond donors (Lipinski definition) is 0. The Hall–Kier alpha value is -2.42. The first kappa shape index (κ1) is 18.6. The van der Waals surface area contributed by atoms with E-state index in [9.17, 15) is 9.59 Å². The minimum absolute atomic E-state index is 0.0348. The summed E-state index contributed by atoms with van der Waals surface area (Å²) in [6.07, 6.45) is 3.50. The van der Waals surface area contributed by atoms with Crippen LogP contribution in [0.2, 0.25) is 0 Å². The van der Waals surface area contributed by atoms with E-state index in [2.05, 4.69) is 61.2 Å². The van der Waals surface area contributed by atoms with E-state index in [1.54, 1.807) is 0 Å². The van der Waals surface area contributed by atoms with Crippen molar-refractivity contribution in [1.29, 1.82) is 0 Å². The van der Waals surface area contributed by atoms with E-state index < -0.39 is 5.41 Å². The van der Waals surface area contributed by atoms with Gasteiger partial charge in [0.25, 0.3) is 0 Å². The molecule has 2 atom stereocenters. The molecule has 3 heteroatoms. The molecule has 0 aromatic heterocycles. The lowest BCUT2D eigenvalue weighted by molar-refractivity contribution is -0.151. The Labute approximate surface area is 173 Å². The molecular formula is C26H29NO2. The highest BCUT2D eigenvalue weighted by Gasteiger charge is 2.60. The van der Waals surface area contributed by atoms with Crippen molar-refractivity contribution in [2.24, 2.45) is 10.8 Å². The highest BCUT2D eigenvalue weighted by atomic mass is 16.2. The number of hydrogen-bond acceptors (Lipinski definition) is 3. The standard InChI is InChI=1S/C26H29NO2/c1-25(2)16-23(28)26(24(29)17-25)15-20-10-6-7-11-21(20)27-13-12-19(14-22(26)27)18-8-4-3-5-9-18/h3-11,19,22H,12-17H2,1-2H3/t19-,22-/m1/s1. The summed E-state index contributed by atoms with van der Waals surface area (Å²) in [5.74, 6) is 0.726. The summed E-state index contributed by atoms with van der Waals surface area (Å²) in [4.78, 5) is 29.7. The van der Waals surface area contributed by atoms with Crippen LogP contribution in [0.5, 0.6) is 0 Å². The quantitative estimate of drug-likeness (QED) is 0.651. The van der Waals surface area contributed by atoms with Crippen molar-refractivity contribution in [1.82, 2.24) is 0 Å². The van der Waals surface area contributed by atoms with Gasteiger partial charge in [-0.2, -0.15) is 0 Å². The van der Waals surface area contributed by atoms with Crippen LogP contribution < -0.4 is 4.90 Å². The van der Waals surface area contributed by atoms with Gasteiger partial charge in [0.05, 0.1) is 0 Å². The average molecular weight is 388 g/mol. The number of carbonyl (C=O) groups is 2. The van der Waals surface area contributed by atoms with Gasteiger partial charge in [-0.05, 0) is 47.8 Å². The molecular weight excluding hydrogens is 358 g/mol. The number of benzene rings is 2. The third-order valence-corrected chi connectivity index (χ3v) is 7.49. The van der Waals surface area contributed by atoms with Crippen molar-refractivity contribution in [2.45, 2.75) is 57.9 Å². The Morgan fingerprint density at radius 1 is 0.862 bits per heavy atom. The molecule has 1 saturated carbocycles. The molecule has 0 amide bonds. The molecule has 1 spiro atoms. The molecule has 0 bridgehead atoms. The second kappa shape index (κ2) is 6.55.